The summed E-state index contributed by atoms with van der Waals surface area (Å²) in [6.07, 6.45) is 2.49. The number of nitrogens with zero attached hydrogens (tertiary/aromatic N) is 2. The van der Waals surface area contributed by atoms with Crippen molar-refractivity contribution in [3.8, 4) is 0 Å². The lowest BCUT2D eigenvalue weighted by molar-refractivity contribution is -0.137. The Morgan fingerprint density at radius 1 is 1.41 bits per heavy atom. The highest BCUT2D eigenvalue weighted by atomic mass is 16.5. The van der Waals surface area contributed by atoms with Gasteiger partial charge in [-0.05, 0) is 19.8 Å². The van der Waals surface area contributed by atoms with Crippen LogP contribution in [0.5, 0.6) is 0 Å². The van der Waals surface area contributed by atoms with Crippen LogP contribution in [0.4, 0.5) is 0 Å². The molecule has 0 radical (unpaired) electrons. The molecule has 1 amide bonds. The molecule has 22 heavy (non-hydrogen) atoms. The molecule has 0 N–H and O–H groups in total. The van der Waals surface area contributed by atoms with E-state index in [0.717, 1.165) is 37.3 Å². The number of hydrogen-bond acceptors (Lipinski definition) is 5. The molecule has 6 heteroatoms. The van der Waals surface area contributed by atoms with Gasteiger partial charge in [0.25, 0.3) is 0 Å². The number of hydrogen-bond donors (Lipinski definition) is 0. The Balaban J connectivity index is 1.62. The molecule has 6 nitrogen and oxygen atoms in total. The van der Waals surface area contributed by atoms with Gasteiger partial charge in [-0.15, -0.1) is 0 Å². The van der Waals surface area contributed by atoms with Crippen LogP contribution in [0, 0.1) is 18.8 Å². The van der Waals surface area contributed by atoms with E-state index in [1.165, 1.54) is 0 Å². The lowest BCUT2D eigenvalue weighted by Crippen LogP contribution is -2.37. The minimum Gasteiger partial charge on any atom is -0.381 e. The maximum absolute atomic E-state index is 12.6. The van der Waals surface area contributed by atoms with E-state index < -0.39 is 0 Å². The monoisotopic (exact) mass is 308 g/mol. The summed E-state index contributed by atoms with van der Waals surface area (Å²) in [5.74, 6) is 1.49. The first-order chi connectivity index (χ1) is 10.7. The highest BCUT2D eigenvalue weighted by Gasteiger charge is 2.38. The molecule has 1 aromatic heterocycles. The van der Waals surface area contributed by atoms with Crippen molar-refractivity contribution < 1.29 is 18.8 Å². The van der Waals surface area contributed by atoms with Crippen LogP contribution in [0.25, 0.3) is 0 Å². The van der Waals surface area contributed by atoms with Gasteiger partial charge in [0.05, 0.1) is 11.8 Å². The molecule has 122 valence electrons. The lowest BCUT2D eigenvalue weighted by atomic mass is 9.98. The molecule has 3 rings (SSSR count). The molecule has 2 saturated heterocycles. The molecule has 0 aromatic carbocycles. The second-order valence-electron chi connectivity index (χ2n) is 6.30. The van der Waals surface area contributed by atoms with Crippen molar-refractivity contribution in [2.75, 3.05) is 33.4 Å². The Hall–Kier alpha value is -1.40. The van der Waals surface area contributed by atoms with Crippen molar-refractivity contribution in [3.63, 3.8) is 0 Å². The van der Waals surface area contributed by atoms with Crippen molar-refractivity contribution in [2.24, 2.45) is 11.8 Å². The summed E-state index contributed by atoms with van der Waals surface area (Å²) in [6.45, 7) is 4.70. The zero-order valence-corrected chi connectivity index (χ0v) is 13.3. The summed E-state index contributed by atoms with van der Waals surface area (Å²) >= 11 is 0. The molecular weight excluding hydrogens is 284 g/mol. The molecule has 0 spiro atoms. The van der Waals surface area contributed by atoms with Gasteiger partial charge in [0.15, 0.2) is 0 Å². The summed E-state index contributed by atoms with van der Waals surface area (Å²) in [5, 5.41) is 3.93. The first-order valence-electron chi connectivity index (χ1n) is 7.99. The van der Waals surface area contributed by atoms with Crippen molar-refractivity contribution in [1.82, 2.24) is 10.1 Å². The molecular formula is C16H24N2O4. The Bertz CT molecular complexity index is 510. The second-order valence-corrected chi connectivity index (χ2v) is 6.30. The van der Waals surface area contributed by atoms with Crippen molar-refractivity contribution in [1.29, 1.82) is 0 Å². The van der Waals surface area contributed by atoms with E-state index in [1.54, 1.807) is 7.11 Å². The van der Waals surface area contributed by atoms with Gasteiger partial charge in [0.2, 0.25) is 5.91 Å². The van der Waals surface area contributed by atoms with Crippen molar-refractivity contribution in [3.05, 3.63) is 17.5 Å². The van der Waals surface area contributed by atoms with Gasteiger partial charge >= 0.3 is 0 Å². The number of amides is 1. The highest BCUT2D eigenvalue weighted by molar-refractivity contribution is 5.79. The van der Waals surface area contributed by atoms with Crippen LogP contribution >= 0.6 is 0 Å². The number of methoxy groups -OCH3 is 1. The van der Waals surface area contributed by atoms with E-state index in [1.807, 2.05) is 17.9 Å². The molecule has 2 atom stereocenters. The molecule has 2 fully saturated rings. The van der Waals surface area contributed by atoms with Gasteiger partial charge in [0.1, 0.15) is 5.76 Å². The third-order valence-corrected chi connectivity index (χ3v) is 4.71. The average Bonchev–Trinajstić information content (AvgIpc) is 3.14. The summed E-state index contributed by atoms with van der Waals surface area (Å²) in [4.78, 5) is 14.6. The van der Waals surface area contributed by atoms with Crippen LogP contribution in [0.2, 0.25) is 0 Å². The van der Waals surface area contributed by atoms with Crippen LogP contribution in [0.3, 0.4) is 0 Å². The summed E-state index contributed by atoms with van der Waals surface area (Å²) in [7, 11) is 1.71. The van der Waals surface area contributed by atoms with Crippen molar-refractivity contribution >= 4 is 5.91 Å². The average molecular weight is 308 g/mol. The van der Waals surface area contributed by atoms with Crippen LogP contribution in [-0.2, 0) is 20.7 Å². The zero-order valence-electron chi connectivity index (χ0n) is 13.3. The smallest absolute Gasteiger partial charge is 0.225 e. The first-order valence-corrected chi connectivity index (χ1v) is 7.99. The molecule has 0 bridgehead atoms. The van der Waals surface area contributed by atoms with E-state index in [2.05, 4.69) is 5.16 Å². The third kappa shape index (κ3) is 3.33. The molecule has 0 unspecified atom stereocenters. The largest absolute Gasteiger partial charge is 0.381 e. The minimum atomic E-state index is 0.0641. The molecule has 0 aliphatic carbocycles. The highest BCUT2D eigenvalue weighted by Crippen LogP contribution is 2.27. The fourth-order valence-corrected chi connectivity index (χ4v) is 3.46. The predicted octanol–water partition coefficient (Wildman–Crippen LogP) is 1.43. The number of aromatic nitrogens is 1. The quantitative estimate of drug-likeness (QED) is 0.842. The molecule has 2 aliphatic heterocycles. The number of carbonyl (C=O) groups is 1. The van der Waals surface area contributed by atoms with Gasteiger partial charge < -0.3 is 18.9 Å². The Morgan fingerprint density at radius 3 is 2.82 bits per heavy atom. The topological polar surface area (TPSA) is 64.8 Å². The number of aryl methyl sites for hydroxylation is 1. The van der Waals surface area contributed by atoms with E-state index in [4.69, 9.17) is 14.0 Å². The van der Waals surface area contributed by atoms with Crippen molar-refractivity contribution in [2.45, 2.75) is 32.3 Å². The fourth-order valence-electron chi connectivity index (χ4n) is 3.46. The lowest BCUT2D eigenvalue weighted by Gasteiger charge is -2.26. The Morgan fingerprint density at radius 2 is 2.18 bits per heavy atom. The van der Waals surface area contributed by atoms with Gasteiger partial charge in [-0.2, -0.15) is 0 Å². The molecule has 3 heterocycles. The molecule has 1 aromatic rings. The zero-order chi connectivity index (χ0) is 15.5. The van der Waals surface area contributed by atoms with E-state index in [0.29, 0.717) is 19.8 Å². The van der Waals surface area contributed by atoms with E-state index in [9.17, 15) is 4.79 Å². The number of likely N-dealkylation sites (tertiary alicyclic amines) is 1. The summed E-state index contributed by atoms with van der Waals surface area (Å²) in [5.41, 5.74) is 0.886. The van der Waals surface area contributed by atoms with Gasteiger partial charge in [0, 0.05) is 57.7 Å². The number of rotatable bonds is 4. The fraction of sp³-hybridized carbons (Fsp3) is 0.750. The van der Waals surface area contributed by atoms with Gasteiger partial charge in [-0.1, -0.05) is 5.16 Å². The first kappa shape index (κ1) is 15.5. The summed E-state index contributed by atoms with van der Waals surface area (Å²) < 4.78 is 16.2. The van der Waals surface area contributed by atoms with Crippen LogP contribution < -0.4 is 0 Å². The number of carbonyl (C=O) groups excluding carboxylic acids is 1. The van der Waals surface area contributed by atoms with Crippen LogP contribution in [0.15, 0.2) is 10.6 Å². The van der Waals surface area contributed by atoms with Gasteiger partial charge in [-0.3, -0.25) is 4.79 Å². The normalized spacial score (nSPS) is 26.5. The van der Waals surface area contributed by atoms with Crippen LogP contribution in [0.1, 0.15) is 24.3 Å². The van der Waals surface area contributed by atoms with E-state index in [-0.39, 0.29) is 23.8 Å². The maximum Gasteiger partial charge on any atom is 0.225 e. The SMILES string of the molecule is CO[C@H]1CN(C(=O)C2CCOCC2)C[C@H]1Cc1cc(C)no1. The summed E-state index contributed by atoms with van der Waals surface area (Å²) in [6, 6.07) is 1.95. The standard InChI is InChI=1S/C16H24N2O4/c1-11-7-14(22-17-11)8-13-9-18(10-15(13)20-2)16(19)12-3-5-21-6-4-12/h7,12-13,15H,3-6,8-10H2,1-2H3/t13-,15+/m1/s1. The van der Waals surface area contributed by atoms with E-state index >= 15 is 0 Å². The third-order valence-electron chi connectivity index (χ3n) is 4.71. The second kappa shape index (κ2) is 6.79. The maximum atomic E-state index is 12.6. The Kier molecular flexibility index (Phi) is 4.78. The predicted molar refractivity (Wildman–Crippen MR) is 79.4 cm³/mol. The minimum absolute atomic E-state index is 0.0641. The van der Waals surface area contributed by atoms with Crippen LogP contribution in [-0.4, -0.2) is 55.5 Å². The molecule has 0 saturated carbocycles. The van der Waals surface area contributed by atoms with Gasteiger partial charge in [-0.25, -0.2) is 0 Å². The Labute approximate surface area is 130 Å². The molecule has 2 aliphatic rings. The number of ether oxygens (including phenoxy) is 2.